The van der Waals surface area contributed by atoms with Gasteiger partial charge in [-0.15, -0.1) is 0 Å². The number of alkyl halides is 2. The lowest BCUT2D eigenvalue weighted by atomic mass is 10.1. The van der Waals surface area contributed by atoms with Crippen molar-refractivity contribution >= 4 is 0 Å². The molecule has 0 aromatic heterocycles. The van der Waals surface area contributed by atoms with E-state index < -0.39 is 11.8 Å². The van der Waals surface area contributed by atoms with E-state index in [9.17, 15) is 8.78 Å². The summed E-state index contributed by atoms with van der Waals surface area (Å²) in [5.74, 6) is 0. The van der Waals surface area contributed by atoms with E-state index in [0.717, 1.165) is 0 Å². The lowest BCUT2D eigenvalue weighted by molar-refractivity contribution is 0.0980. The van der Waals surface area contributed by atoms with Crippen molar-refractivity contribution in [2.24, 2.45) is 0 Å². The number of halogens is 2. The largest absolute Gasteiger partial charge is 0.244 e. The van der Waals surface area contributed by atoms with Gasteiger partial charge in [0.1, 0.15) is 11.8 Å². The molecule has 0 nitrogen and oxygen atoms in total. The van der Waals surface area contributed by atoms with Crippen molar-refractivity contribution in [1.82, 2.24) is 0 Å². The van der Waals surface area contributed by atoms with Crippen molar-refractivity contribution in [3.63, 3.8) is 0 Å². The van der Waals surface area contributed by atoms with Gasteiger partial charge >= 0.3 is 0 Å². The van der Waals surface area contributed by atoms with E-state index >= 15 is 0 Å². The monoisotopic (exact) mass is 108 g/mol. The maximum Gasteiger partial charge on any atom is 0.136 e. The zero-order chi connectivity index (χ0) is 6.08. The molecule has 0 saturated carbocycles. The first kappa shape index (κ1) is 6.86. The maximum absolute atomic E-state index is 12.1. The van der Waals surface area contributed by atoms with Gasteiger partial charge in [-0.25, -0.2) is 8.78 Å². The smallest absolute Gasteiger partial charge is 0.136 e. The minimum atomic E-state index is -1.67. The molecule has 0 saturated heterocycles. The molecule has 0 aliphatic heterocycles. The summed E-state index contributed by atoms with van der Waals surface area (Å²) in [6.07, 6.45) is -1.37. The molecule has 2 heteroatoms. The maximum atomic E-state index is 12.1. The van der Waals surface area contributed by atoms with Gasteiger partial charge in [-0.05, 0) is 20.8 Å². The summed E-state index contributed by atoms with van der Waals surface area (Å²) >= 11 is 0. The molecule has 7 heavy (non-hydrogen) atoms. The lowest BCUT2D eigenvalue weighted by Crippen LogP contribution is -2.23. The van der Waals surface area contributed by atoms with Crippen LogP contribution in [0.4, 0.5) is 8.78 Å². The van der Waals surface area contributed by atoms with Crippen LogP contribution < -0.4 is 0 Å². The topological polar surface area (TPSA) is 0 Å². The summed E-state index contributed by atoms with van der Waals surface area (Å²) in [6.45, 7) is 3.65. The standard InChI is InChI=1S/C5H10F2/c1-4(6)5(2,3)7/h4H,1-3H3. The predicted molar refractivity (Wildman–Crippen MR) is 25.8 cm³/mol. The van der Waals surface area contributed by atoms with Crippen LogP contribution in [0.5, 0.6) is 0 Å². The first-order chi connectivity index (χ1) is 2.94. The SMILES string of the molecule is CC(F)C(C)(C)F. The summed E-state index contributed by atoms with van der Waals surface area (Å²) in [7, 11) is 0. The van der Waals surface area contributed by atoms with Crippen LogP contribution in [0.3, 0.4) is 0 Å². The third-order valence-electron chi connectivity index (χ3n) is 0.946. The quantitative estimate of drug-likeness (QED) is 0.482. The number of rotatable bonds is 1. The van der Waals surface area contributed by atoms with Crippen LogP contribution in [0, 0.1) is 0 Å². The van der Waals surface area contributed by atoms with Crippen LogP contribution in [0.15, 0.2) is 0 Å². The lowest BCUT2D eigenvalue weighted by Gasteiger charge is -2.13. The molecule has 44 valence electrons. The summed E-state index contributed by atoms with van der Waals surface area (Å²) in [5, 5.41) is 0. The van der Waals surface area contributed by atoms with E-state index in [2.05, 4.69) is 0 Å². The first-order valence-corrected chi connectivity index (χ1v) is 2.27. The minimum Gasteiger partial charge on any atom is -0.244 e. The second-order valence-corrected chi connectivity index (χ2v) is 2.18. The van der Waals surface area contributed by atoms with Crippen LogP contribution in [0.25, 0.3) is 0 Å². The third kappa shape index (κ3) is 2.54. The molecule has 0 radical (unpaired) electrons. The van der Waals surface area contributed by atoms with E-state index in [-0.39, 0.29) is 0 Å². The van der Waals surface area contributed by atoms with Crippen LogP contribution in [-0.4, -0.2) is 11.8 Å². The molecule has 0 rings (SSSR count). The Morgan fingerprint density at radius 3 is 1.57 bits per heavy atom. The summed E-state index contributed by atoms with van der Waals surface area (Å²) < 4.78 is 24.0. The normalized spacial score (nSPS) is 16.7. The summed E-state index contributed by atoms with van der Waals surface area (Å²) in [4.78, 5) is 0. The van der Waals surface area contributed by atoms with Gasteiger partial charge in [-0.3, -0.25) is 0 Å². The second-order valence-electron chi connectivity index (χ2n) is 2.18. The van der Waals surface area contributed by atoms with E-state index in [0.29, 0.717) is 0 Å². The molecule has 0 aromatic carbocycles. The second kappa shape index (κ2) is 1.76. The molecule has 0 aliphatic carbocycles. The molecule has 0 aliphatic rings. The van der Waals surface area contributed by atoms with E-state index in [1.807, 2.05) is 0 Å². The fourth-order valence-corrected chi connectivity index (χ4v) is 0. The molecule has 1 unspecified atom stereocenters. The Morgan fingerprint density at radius 1 is 1.43 bits per heavy atom. The van der Waals surface area contributed by atoms with Crippen molar-refractivity contribution < 1.29 is 8.78 Å². The van der Waals surface area contributed by atoms with E-state index in [1.54, 1.807) is 0 Å². The zero-order valence-corrected chi connectivity index (χ0v) is 4.83. The molecular weight excluding hydrogens is 98.1 g/mol. The van der Waals surface area contributed by atoms with Crippen molar-refractivity contribution in [3.05, 3.63) is 0 Å². The highest BCUT2D eigenvalue weighted by Gasteiger charge is 2.23. The Labute approximate surface area is 42.5 Å². The van der Waals surface area contributed by atoms with E-state index in [4.69, 9.17) is 0 Å². The number of hydrogen-bond acceptors (Lipinski definition) is 0. The molecule has 0 heterocycles. The Kier molecular flexibility index (Phi) is 1.73. The molecule has 0 spiro atoms. The molecular formula is C5H10F2. The minimum absolute atomic E-state index is 1.21. The fourth-order valence-electron chi connectivity index (χ4n) is 0. The molecule has 0 N–H and O–H groups in total. The summed E-state index contributed by atoms with van der Waals surface area (Å²) in [6, 6.07) is 0. The highest BCUT2D eigenvalue weighted by atomic mass is 19.2. The van der Waals surface area contributed by atoms with Gasteiger partial charge in [0.15, 0.2) is 0 Å². The first-order valence-electron chi connectivity index (χ1n) is 2.27. The zero-order valence-electron chi connectivity index (χ0n) is 4.83. The third-order valence-corrected chi connectivity index (χ3v) is 0.946. The van der Waals surface area contributed by atoms with Gasteiger partial charge < -0.3 is 0 Å². The molecule has 1 atom stereocenters. The van der Waals surface area contributed by atoms with Crippen LogP contribution >= 0.6 is 0 Å². The van der Waals surface area contributed by atoms with Gasteiger partial charge in [0.25, 0.3) is 0 Å². The number of hydrogen-bond donors (Lipinski definition) is 0. The Morgan fingerprint density at radius 2 is 1.57 bits per heavy atom. The fraction of sp³-hybridized carbons (Fsp3) is 1.00. The summed E-state index contributed by atoms with van der Waals surface area (Å²) in [5.41, 5.74) is -1.67. The van der Waals surface area contributed by atoms with Crippen molar-refractivity contribution in [2.45, 2.75) is 32.6 Å². The highest BCUT2D eigenvalue weighted by Crippen LogP contribution is 2.15. The van der Waals surface area contributed by atoms with Gasteiger partial charge in [0, 0.05) is 0 Å². The highest BCUT2D eigenvalue weighted by molar-refractivity contribution is 4.71. The van der Waals surface area contributed by atoms with Gasteiger partial charge in [-0.1, -0.05) is 0 Å². The van der Waals surface area contributed by atoms with Crippen molar-refractivity contribution in [1.29, 1.82) is 0 Å². The Hall–Kier alpha value is -0.140. The van der Waals surface area contributed by atoms with Crippen LogP contribution in [0.1, 0.15) is 20.8 Å². The Bertz CT molecular complexity index is 51.6. The van der Waals surface area contributed by atoms with Gasteiger partial charge in [0.05, 0.1) is 0 Å². The van der Waals surface area contributed by atoms with Gasteiger partial charge in [-0.2, -0.15) is 0 Å². The molecule has 0 aromatic rings. The molecule has 0 amide bonds. The predicted octanol–water partition coefficient (Wildman–Crippen LogP) is 2.09. The Balaban J connectivity index is 3.54. The molecule has 0 bridgehead atoms. The van der Waals surface area contributed by atoms with Crippen molar-refractivity contribution in [3.8, 4) is 0 Å². The van der Waals surface area contributed by atoms with Gasteiger partial charge in [0.2, 0.25) is 0 Å². The van der Waals surface area contributed by atoms with Crippen molar-refractivity contribution in [2.75, 3.05) is 0 Å². The van der Waals surface area contributed by atoms with E-state index in [1.165, 1.54) is 20.8 Å². The average Bonchev–Trinajstić information content (AvgIpc) is 1.31. The van der Waals surface area contributed by atoms with Crippen LogP contribution in [-0.2, 0) is 0 Å². The average molecular weight is 108 g/mol. The van der Waals surface area contributed by atoms with Crippen LogP contribution in [0.2, 0.25) is 0 Å². The molecule has 0 fully saturated rings.